The van der Waals surface area contributed by atoms with Crippen LogP contribution in [0.2, 0.25) is 0 Å². The number of fused-ring (bicyclic) bond motifs is 1. The van der Waals surface area contributed by atoms with Gasteiger partial charge in [0.2, 0.25) is 11.8 Å². The molecule has 112 valence electrons. The molecule has 0 spiro atoms. The molecule has 0 unspecified atom stereocenters. The van der Waals surface area contributed by atoms with Gasteiger partial charge in [-0.3, -0.25) is 4.79 Å². The maximum Gasteiger partial charge on any atom is 0.248 e. The summed E-state index contributed by atoms with van der Waals surface area (Å²) in [7, 11) is 0. The second-order valence-corrected chi connectivity index (χ2v) is 5.57. The van der Waals surface area contributed by atoms with E-state index in [9.17, 15) is 4.79 Å². The van der Waals surface area contributed by atoms with Crippen LogP contribution >= 0.6 is 0 Å². The zero-order chi connectivity index (χ0) is 15.9. The largest absolute Gasteiger partial charge is 0.436 e. The van der Waals surface area contributed by atoms with E-state index in [2.05, 4.69) is 18.8 Å². The quantitative estimate of drug-likeness (QED) is 0.725. The molecule has 3 rings (SSSR count). The lowest BCUT2D eigenvalue weighted by Crippen LogP contribution is -2.10. The fraction of sp³-hybridized carbons (Fsp3) is 0.176. The van der Waals surface area contributed by atoms with Crippen molar-refractivity contribution in [1.29, 1.82) is 0 Å². The van der Waals surface area contributed by atoms with Crippen molar-refractivity contribution in [1.82, 2.24) is 4.98 Å². The Morgan fingerprint density at radius 1 is 1.18 bits per heavy atom. The molecular formula is C17H17N3O2. The fourth-order valence-electron chi connectivity index (χ4n) is 2.41. The van der Waals surface area contributed by atoms with Crippen molar-refractivity contribution in [2.45, 2.75) is 19.8 Å². The number of benzene rings is 2. The Hall–Kier alpha value is -2.82. The molecule has 1 heterocycles. The van der Waals surface area contributed by atoms with Gasteiger partial charge in [0.25, 0.3) is 0 Å². The summed E-state index contributed by atoms with van der Waals surface area (Å²) in [6.45, 7) is 4.16. The molecule has 0 atom stereocenters. The molecule has 0 bridgehead atoms. The van der Waals surface area contributed by atoms with Gasteiger partial charge in [0.05, 0.1) is 0 Å². The number of nitrogen functional groups attached to an aromatic ring is 1. The van der Waals surface area contributed by atoms with E-state index < -0.39 is 5.91 Å². The monoisotopic (exact) mass is 295 g/mol. The second kappa shape index (κ2) is 5.18. The number of aromatic nitrogens is 1. The summed E-state index contributed by atoms with van der Waals surface area (Å²) in [5.74, 6) is 0.321. The highest BCUT2D eigenvalue weighted by Gasteiger charge is 2.15. The van der Waals surface area contributed by atoms with Crippen LogP contribution in [0.1, 0.15) is 35.7 Å². The molecule has 3 aromatic rings. The molecule has 2 aromatic carbocycles. The van der Waals surface area contributed by atoms with Gasteiger partial charge in [-0.25, -0.2) is 4.98 Å². The molecular weight excluding hydrogens is 278 g/mol. The first kappa shape index (κ1) is 14.1. The number of amides is 1. The first-order valence-electron chi connectivity index (χ1n) is 7.06. The smallest absolute Gasteiger partial charge is 0.248 e. The van der Waals surface area contributed by atoms with Crippen molar-refractivity contribution < 1.29 is 9.21 Å². The van der Waals surface area contributed by atoms with Crippen LogP contribution in [0.5, 0.6) is 0 Å². The van der Waals surface area contributed by atoms with Crippen LogP contribution in [0.15, 0.2) is 40.8 Å². The number of nitrogens with zero attached hydrogens (tertiary/aromatic N) is 1. The normalized spacial score (nSPS) is 11.2. The number of nitrogens with two attached hydrogens (primary N) is 2. The minimum absolute atomic E-state index is 0.282. The van der Waals surface area contributed by atoms with Crippen LogP contribution in [-0.2, 0) is 0 Å². The maximum absolute atomic E-state index is 11.1. The summed E-state index contributed by atoms with van der Waals surface area (Å²) in [5.41, 5.74) is 15.6. The number of carbonyl (C=O) groups excluding carboxylic acids is 1. The lowest BCUT2D eigenvalue weighted by Gasteiger charge is -2.06. The number of hydrogen-bond donors (Lipinski definition) is 2. The average molecular weight is 295 g/mol. The summed E-state index contributed by atoms with van der Waals surface area (Å²) >= 11 is 0. The van der Waals surface area contributed by atoms with Crippen molar-refractivity contribution in [2.24, 2.45) is 5.73 Å². The Balaban J connectivity index is 2.12. The number of primary amides is 1. The molecule has 1 aromatic heterocycles. The highest BCUT2D eigenvalue weighted by molar-refractivity contribution is 5.93. The predicted molar refractivity (Wildman–Crippen MR) is 86.5 cm³/mol. The third-order valence-electron chi connectivity index (χ3n) is 3.58. The summed E-state index contributed by atoms with van der Waals surface area (Å²) < 4.78 is 5.92. The molecule has 0 saturated carbocycles. The molecule has 0 radical (unpaired) electrons. The zero-order valence-electron chi connectivity index (χ0n) is 12.5. The van der Waals surface area contributed by atoms with Gasteiger partial charge >= 0.3 is 0 Å². The van der Waals surface area contributed by atoms with Crippen molar-refractivity contribution in [3.05, 3.63) is 47.5 Å². The van der Waals surface area contributed by atoms with Crippen molar-refractivity contribution in [3.63, 3.8) is 0 Å². The molecule has 5 heteroatoms. The molecule has 0 aliphatic carbocycles. The van der Waals surface area contributed by atoms with Crippen LogP contribution in [0.3, 0.4) is 0 Å². The van der Waals surface area contributed by atoms with E-state index in [-0.39, 0.29) is 5.92 Å². The lowest BCUT2D eigenvalue weighted by molar-refractivity contribution is 0.100. The molecule has 0 aliphatic heterocycles. The van der Waals surface area contributed by atoms with Crippen molar-refractivity contribution in [2.75, 3.05) is 5.73 Å². The number of oxazole rings is 1. The van der Waals surface area contributed by atoms with Gasteiger partial charge in [0, 0.05) is 22.4 Å². The van der Waals surface area contributed by atoms with Crippen LogP contribution < -0.4 is 11.5 Å². The third-order valence-corrected chi connectivity index (χ3v) is 3.58. The van der Waals surface area contributed by atoms with E-state index in [4.69, 9.17) is 15.9 Å². The van der Waals surface area contributed by atoms with Gasteiger partial charge in [-0.2, -0.15) is 0 Å². The first-order chi connectivity index (χ1) is 10.5. The topological polar surface area (TPSA) is 95.1 Å². The maximum atomic E-state index is 11.1. The fourth-order valence-corrected chi connectivity index (χ4v) is 2.41. The van der Waals surface area contributed by atoms with Gasteiger partial charge in [-0.1, -0.05) is 13.8 Å². The van der Waals surface area contributed by atoms with Crippen molar-refractivity contribution >= 4 is 22.7 Å². The van der Waals surface area contributed by atoms with E-state index >= 15 is 0 Å². The Labute approximate surface area is 127 Å². The molecule has 0 aliphatic rings. The minimum Gasteiger partial charge on any atom is -0.436 e. The number of anilines is 1. The van der Waals surface area contributed by atoms with E-state index in [1.165, 1.54) is 0 Å². The van der Waals surface area contributed by atoms with Gasteiger partial charge in [-0.15, -0.1) is 0 Å². The Morgan fingerprint density at radius 2 is 1.86 bits per heavy atom. The summed E-state index contributed by atoms with van der Waals surface area (Å²) in [5, 5.41) is 0. The Kier molecular flexibility index (Phi) is 3.33. The van der Waals surface area contributed by atoms with Crippen LogP contribution in [-0.4, -0.2) is 10.9 Å². The van der Waals surface area contributed by atoms with Gasteiger partial charge in [0.15, 0.2) is 5.58 Å². The summed E-state index contributed by atoms with van der Waals surface area (Å²) in [4.78, 5) is 15.6. The predicted octanol–water partition coefficient (Wildman–Crippen LogP) is 3.30. The van der Waals surface area contributed by atoms with Gasteiger partial charge in [0.1, 0.15) is 5.52 Å². The Bertz CT molecular complexity index is 848. The molecule has 4 N–H and O–H groups in total. The molecule has 22 heavy (non-hydrogen) atoms. The van der Waals surface area contributed by atoms with E-state index in [1.807, 2.05) is 6.07 Å². The molecule has 5 nitrogen and oxygen atoms in total. The van der Waals surface area contributed by atoms with Crippen LogP contribution in [0.25, 0.3) is 22.6 Å². The van der Waals surface area contributed by atoms with Crippen LogP contribution in [0.4, 0.5) is 5.69 Å². The highest BCUT2D eigenvalue weighted by atomic mass is 16.3. The summed E-state index contributed by atoms with van der Waals surface area (Å²) in [6.07, 6.45) is 0. The second-order valence-electron chi connectivity index (χ2n) is 5.57. The molecule has 1 amide bonds. The van der Waals surface area contributed by atoms with Gasteiger partial charge in [-0.05, 0) is 42.3 Å². The third kappa shape index (κ3) is 2.41. The lowest BCUT2D eigenvalue weighted by atomic mass is 10.0. The standard InChI is InChI=1S/C17H17N3O2/c1-9(2)13-7-12(18)8-14-15(13)22-17(20-14)11-5-3-10(4-6-11)16(19)21/h3-9H,18H2,1-2H3,(H2,19,21). The highest BCUT2D eigenvalue weighted by Crippen LogP contribution is 2.32. The number of rotatable bonds is 3. The summed E-state index contributed by atoms with van der Waals surface area (Å²) in [6, 6.07) is 10.6. The van der Waals surface area contributed by atoms with Crippen LogP contribution in [0, 0.1) is 0 Å². The number of hydrogen-bond acceptors (Lipinski definition) is 4. The Morgan fingerprint density at radius 3 is 2.45 bits per heavy atom. The average Bonchev–Trinajstić information content (AvgIpc) is 2.89. The SMILES string of the molecule is CC(C)c1cc(N)cc2nc(-c3ccc(C(N)=O)cc3)oc12. The van der Waals surface area contributed by atoms with E-state index in [0.717, 1.165) is 22.2 Å². The zero-order valence-corrected chi connectivity index (χ0v) is 12.5. The molecule has 0 fully saturated rings. The van der Waals surface area contributed by atoms with Crippen molar-refractivity contribution in [3.8, 4) is 11.5 Å². The molecule has 0 saturated heterocycles. The first-order valence-corrected chi connectivity index (χ1v) is 7.06. The van der Waals surface area contributed by atoms with E-state index in [0.29, 0.717) is 17.1 Å². The van der Waals surface area contributed by atoms with Gasteiger partial charge < -0.3 is 15.9 Å². The van der Waals surface area contributed by atoms with E-state index in [1.54, 1.807) is 30.3 Å². The minimum atomic E-state index is -0.459. The number of carbonyl (C=O) groups is 1.